The van der Waals surface area contributed by atoms with E-state index in [4.69, 9.17) is 21.6 Å². The van der Waals surface area contributed by atoms with Crippen molar-refractivity contribution in [2.75, 3.05) is 23.3 Å². The fourth-order valence-electron chi connectivity index (χ4n) is 12.1. The van der Waals surface area contributed by atoms with Gasteiger partial charge in [0, 0.05) is 78.1 Å². The summed E-state index contributed by atoms with van der Waals surface area (Å²) in [6.45, 7) is 43.8. The zero-order valence-electron chi connectivity index (χ0n) is 48.2. The van der Waals surface area contributed by atoms with Crippen LogP contribution in [0.5, 0.6) is 0 Å². The molecule has 0 bridgehead atoms. The highest BCUT2D eigenvalue weighted by atomic mass is 32.1. The standard InChI is InChI=1S/C65H80N10S2.C2H4/c1-41-36-57(45(5)68-43(3)49-27-29-51(30-28-49)62-47(7)66-40-76-62)74(38-41)48(8)63(65(9,10)11)67-42(2)22-17-15-13-12-14-16-20-34-75-58-37-56-53(61(58)46(6)72-75)31-32-60(70-56)73-35-33-50-23-21-24-52(54(50)39-73)44(4)69-64-71-55-25-18-19-26-59(55)77-64;1-2/h18-19,21,23-32,40-41,43,57,63,67-68H,2,4-5,8,12-17,20,22,33-39H2,1,3,6-7,9-11H3,(H,69,71);1-2H2. The molecule has 414 valence electrons. The number of thiazole rings is 2. The molecule has 3 aromatic carbocycles. The first kappa shape index (κ1) is 56.9. The quantitative estimate of drug-likeness (QED) is 0.0427. The number of likely N-dealkylation sites (tertiary alicyclic amines) is 1. The molecular weight excluding hydrogens is 1010 g/mol. The number of benzene rings is 3. The van der Waals surface area contributed by atoms with Crippen LogP contribution in [0.1, 0.15) is 143 Å². The molecule has 1 saturated heterocycles. The summed E-state index contributed by atoms with van der Waals surface area (Å²) in [7, 11) is 0. The topological polar surface area (TPSA) is 99.1 Å². The van der Waals surface area contributed by atoms with Crippen LogP contribution in [0.2, 0.25) is 0 Å². The van der Waals surface area contributed by atoms with Gasteiger partial charge in [-0.15, -0.1) is 24.5 Å². The van der Waals surface area contributed by atoms with Gasteiger partial charge in [0.25, 0.3) is 0 Å². The van der Waals surface area contributed by atoms with Crippen LogP contribution in [-0.4, -0.2) is 54.8 Å². The number of anilines is 2. The number of hydrogen-bond donors (Lipinski definition) is 3. The Hall–Kier alpha value is -6.76. The van der Waals surface area contributed by atoms with Gasteiger partial charge in [-0.3, -0.25) is 4.68 Å². The lowest BCUT2D eigenvalue weighted by Crippen LogP contribution is -2.48. The number of aryl methyl sites for hydroxylation is 3. The third-order valence-corrected chi connectivity index (χ3v) is 18.2. The van der Waals surface area contributed by atoms with Gasteiger partial charge >= 0.3 is 0 Å². The van der Waals surface area contributed by atoms with E-state index in [1.54, 1.807) is 22.7 Å². The van der Waals surface area contributed by atoms with E-state index in [0.29, 0.717) is 5.92 Å². The van der Waals surface area contributed by atoms with E-state index >= 15 is 0 Å². The van der Waals surface area contributed by atoms with Crippen molar-refractivity contribution in [1.29, 1.82) is 0 Å². The molecule has 1 aliphatic carbocycles. The van der Waals surface area contributed by atoms with Gasteiger partial charge in [0.15, 0.2) is 5.13 Å². The van der Waals surface area contributed by atoms with Gasteiger partial charge in [-0.1, -0.05) is 152 Å². The lowest BCUT2D eigenvalue weighted by atomic mass is 9.84. The van der Waals surface area contributed by atoms with E-state index in [-0.39, 0.29) is 23.5 Å². The van der Waals surface area contributed by atoms with E-state index < -0.39 is 0 Å². The van der Waals surface area contributed by atoms with E-state index in [0.717, 1.165) is 121 Å². The Morgan fingerprint density at radius 2 is 1.58 bits per heavy atom. The molecule has 79 heavy (non-hydrogen) atoms. The van der Waals surface area contributed by atoms with Crippen molar-refractivity contribution in [3.8, 4) is 21.6 Å². The number of para-hydroxylation sites is 1. The molecule has 0 radical (unpaired) electrons. The predicted molar refractivity (Wildman–Crippen MR) is 337 cm³/mol. The highest BCUT2D eigenvalue weighted by molar-refractivity contribution is 7.22. The van der Waals surface area contributed by atoms with E-state index in [2.05, 4.69) is 190 Å². The third kappa shape index (κ3) is 13.0. The molecule has 6 heterocycles. The van der Waals surface area contributed by atoms with Gasteiger partial charge in [-0.2, -0.15) is 5.10 Å². The normalized spacial score (nSPS) is 16.3. The minimum absolute atomic E-state index is 0.0441. The van der Waals surface area contributed by atoms with Crippen molar-refractivity contribution >= 4 is 49.5 Å². The fraction of sp³-hybridized carbons (Fsp3) is 0.403. The summed E-state index contributed by atoms with van der Waals surface area (Å²) >= 11 is 3.35. The lowest BCUT2D eigenvalue weighted by molar-refractivity contribution is 0.234. The summed E-state index contributed by atoms with van der Waals surface area (Å²) in [5.74, 6) is 1.59. The number of pyridine rings is 1. The Kier molecular flexibility index (Phi) is 18.1. The predicted octanol–water partition coefficient (Wildman–Crippen LogP) is 16.4. The maximum atomic E-state index is 5.34. The van der Waals surface area contributed by atoms with Crippen LogP contribution in [0, 0.1) is 25.2 Å². The van der Waals surface area contributed by atoms with Crippen LogP contribution in [0.25, 0.3) is 37.5 Å². The SMILES string of the molecule is C=C.C=C(CCCCCCCCCn1nc(C)c2c1Cc1nc(N3CCc4cccc(C(=C)Nc5nc6ccccc6s5)c4C3)ccc1-2)NC(C(=C)N1CC(C)CC1C(=C)NC(C)c1ccc(-c2scnc2C)cc1)C(C)(C)C. The first-order valence-electron chi connectivity index (χ1n) is 28.7. The van der Waals surface area contributed by atoms with Crippen molar-refractivity contribution in [3.63, 3.8) is 0 Å². The van der Waals surface area contributed by atoms with Crippen LogP contribution < -0.4 is 20.9 Å². The number of rotatable bonds is 23. The Bertz CT molecular complexity index is 3260. The Balaban J connectivity index is 0.00000374. The van der Waals surface area contributed by atoms with Gasteiger partial charge in [-0.25, -0.2) is 15.0 Å². The molecule has 10 nitrogen and oxygen atoms in total. The van der Waals surface area contributed by atoms with Gasteiger partial charge in [-0.05, 0) is 111 Å². The van der Waals surface area contributed by atoms with E-state index in [9.17, 15) is 0 Å². The summed E-state index contributed by atoms with van der Waals surface area (Å²) in [5.41, 5.74) is 20.6. The van der Waals surface area contributed by atoms with Crippen molar-refractivity contribution in [2.24, 2.45) is 11.3 Å². The van der Waals surface area contributed by atoms with Crippen molar-refractivity contribution < 1.29 is 0 Å². The van der Waals surface area contributed by atoms with E-state index in [1.807, 2.05) is 11.6 Å². The largest absolute Gasteiger partial charge is 0.381 e. The average molecular weight is 1090 g/mol. The summed E-state index contributed by atoms with van der Waals surface area (Å²) in [4.78, 5) is 20.8. The molecule has 0 spiro atoms. The third-order valence-electron chi connectivity index (χ3n) is 16.3. The number of aromatic nitrogens is 5. The minimum Gasteiger partial charge on any atom is -0.381 e. The van der Waals surface area contributed by atoms with E-state index in [1.165, 1.54) is 86.4 Å². The highest BCUT2D eigenvalue weighted by Crippen LogP contribution is 2.41. The van der Waals surface area contributed by atoms with Crippen LogP contribution in [0.4, 0.5) is 10.9 Å². The molecule has 10 rings (SSSR count). The molecular formula is C67H84N10S2. The number of allylic oxidation sites excluding steroid dienone is 1. The monoisotopic (exact) mass is 1090 g/mol. The number of fused-ring (bicyclic) bond motifs is 5. The minimum atomic E-state index is -0.0441. The Morgan fingerprint density at radius 1 is 0.835 bits per heavy atom. The molecule has 0 amide bonds. The molecule has 4 atom stereocenters. The average Bonchev–Trinajstić information content (AvgIpc) is 4.50. The summed E-state index contributed by atoms with van der Waals surface area (Å²) in [6, 6.07) is 28.6. The van der Waals surface area contributed by atoms with Crippen LogP contribution >= 0.6 is 22.7 Å². The molecule has 0 saturated carbocycles. The fourth-order valence-corrected chi connectivity index (χ4v) is 13.8. The van der Waals surface area contributed by atoms with Gasteiger partial charge < -0.3 is 25.8 Å². The lowest BCUT2D eigenvalue weighted by Gasteiger charge is -2.41. The highest BCUT2D eigenvalue weighted by Gasteiger charge is 2.39. The van der Waals surface area contributed by atoms with Gasteiger partial charge in [0.1, 0.15) is 5.82 Å². The molecule has 1 fully saturated rings. The molecule has 3 N–H and O–H groups in total. The molecule has 7 aromatic rings. The molecule has 2 aliphatic heterocycles. The van der Waals surface area contributed by atoms with Crippen LogP contribution in [0.3, 0.4) is 0 Å². The number of nitrogens with one attached hydrogen (secondary N) is 3. The van der Waals surface area contributed by atoms with Gasteiger partial charge in [0.2, 0.25) is 0 Å². The first-order valence-corrected chi connectivity index (χ1v) is 30.4. The van der Waals surface area contributed by atoms with Crippen molar-refractivity contribution in [2.45, 2.75) is 150 Å². The second-order valence-corrected chi connectivity index (χ2v) is 25.1. The first-order chi connectivity index (χ1) is 38.1. The molecule has 4 aromatic heterocycles. The zero-order chi connectivity index (χ0) is 56.0. The smallest absolute Gasteiger partial charge is 0.188 e. The summed E-state index contributed by atoms with van der Waals surface area (Å²) < 4.78 is 3.45. The maximum absolute atomic E-state index is 5.34. The van der Waals surface area contributed by atoms with Crippen molar-refractivity contribution in [3.05, 3.63) is 186 Å². The molecule has 3 aliphatic rings. The maximum Gasteiger partial charge on any atom is 0.188 e. The second kappa shape index (κ2) is 25.1. The number of hydrogen-bond acceptors (Lipinski definition) is 11. The summed E-state index contributed by atoms with van der Waals surface area (Å²) in [5, 5.41) is 17.1. The second-order valence-electron chi connectivity index (χ2n) is 23.2. The number of unbranched alkanes of at least 4 members (excludes halogenated alkanes) is 6. The number of nitrogens with zero attached hydrogens (tertiary/aromatic N) is 7. The molecule has 4 unspecified atom stereocenters. The van der Waals surface area contributed by atoms with Gasteiger partial charge in [0.05, 0.1) is 55.5 Å². The Morgan fingerprint density at radius 3 is 2.32 bits per heavy atom. The van der Waals surface area contributed by atoms with Crippen LogP contribution in [0.15, 0.2) is 141 Å². The van der Waals surface area contributed by atoms with Crippen molar-refractivity contribution in [1.82, 2.24) is 40.3 Å². The Labute approximate surface area is 479 Å². The van der Waals surface area contributed by atoms with Crippen LogP contribution in [-0.2, 0) is 25.9 Å². The molecule has 12 heteroatoms. The zero-order valence-corrected chi connectivity index (χ0v) is 49.8. The summed E-state index contributed by atoms with van der Waals surface area (Å²) in [6.07, 6.45) is 12.3.